The van der Waals surface area contributed by atoms with Gasteiger partial charge in [0.1, 0.15) is 6.54 Å². The number of fused-ring (bicyclic) bond motifs is 1. The number of anilines is 1. The molecule has 1 aliphatic rings. The van der Waals surface area contributed by atoms with E-state index in [-0.39, 0.29) is 18.0 Å². The van der Waals surface area contributed by atoms with Crippen molar-refractivity contribution in [2.75, 3.05) is 18.4 Å². The molecule has 1 saturated heterocycles. The monoisotopic (exact) mass is 451 g/mol. The summed E-state index contributed by atoms with van der Waals surface area (Å²) in [7, 11) is 0. The maximum Gasteiger partial charge on any atom is 0.296 e. The molecule has 0 spiro atoms. The first-order valence-electron chi connectivity index (χ1n) is 10.9. The van der Waals surface area contributed by atoms with Gasteiger partial charge >= 0.3 is 0 Å². The molecule has 2 heterocycles. The third kappa shape index (κ3) is 4.55. The van der Waals surface area contributed by atoms with Crippen molar-refractivity contribution >= 4 is 45.8 Å². The van der Waals surface area contributed by atoms with Crippen molar-refractivity contribution in [3.05, 3.63) is 64.8 Å². The lowest BCUT2D eigenvalue weighted by Gasteiger charge is -2.20. The maximum absolute atomic E-state index is 13.1. The summed E-state index contributed by atoms with van der Waals surface area (Å²) < 4.78 is 1.77. The molecule has 166 valence electrons. The molecule has 0 bridgehead atoms. The van der Waals surface area contributed by atoms with Gasteiger partial charge in [0.05, 0.1) is 5.56 Å². The molecule has 1 aromatic heterocycles. The Hall–Kier alpha value is -3.12. The summed E-state index contributed by atoms with van der Waals surface area (Å²) in [6.45, 7) is 3.46. The Bertz CT molecular complexity index is 1180. The molecular formula is C25H26ClN3O3. The molecule has 1 N–H and O–H groups in total. The Kier molecular flexibility index (Phi) is 6.61. The highest BCUT2D eigenvalue weighted by molar-refractivity contribution is 6.48. The van der Waals surface area contributed by atoms with Crippen LogP contribution in [0.25, 0.3) is 10.9 Å². The third-order valence-corrected chi connectivity index (χ3v) is 6.43. The molecule has 4 rings (SSSR count). The van der Waals surface area contributed by atoms with Crippen molar-refractivity contribution in [3.63, 3.8) is 0 Å². The second-order valence-corrected chi connectivity index (χ2v) is 8.59. The van der Waals surface area contributed by atoms with E-state index in [1.165, 1.54) is 0 Å². The number of nitrogens with zero attached hydrogens (tertiary/aromatic N) is 2. The van der Waals surface area contributed by atoms with E-state index in [4.69, 9.17) is 11.6 Å². The van der Waals surface area contributed by atoms with Gasteiger partial charge in [-0.3, -0.25) is 14.4 Å². The molecule has 3 aromatic rings. The molecule has 32 heavy (non-hydrogen) atoms. The molecule has 0 atom stereocenters. The minimum atomic E-state index is -0.739. The second-order valence-electron chi connectivity index (χ2n) is 8.18. The number of halogens is 1. The van der Waals surface area contributed by atoms with Crippen molar-refractivity contribution in [2.45, 2.75) is 39.2 Å². The molecule has 1 aliphatic heterocycles. The minimum absolute atomic E-state index is 0.0330. The normalized spacial score (nSPS) is 14.2. The van der Waals surface area contributed by atoms with E-state index in [9.17, 15) is 14.4 Å². The predicted molar refractivity (Wildman–Crippen MR) is 126 cm³/mol. The van der Waals surface area contributed by atoms with Crippen LogP contribution in [-0.2, 0) is 16.1 Å². The van der Waals surface area contributed by atoms with Crippen LogP contribution in [0.15, 0.2) is 48.7 Å². The number of benzene rings is 2. The first-order valence-corrected chi connectivity index (χ1v) is 11.3. The lowest BCUT2D eigenvalue weighted by atomic mass is 10.1. The Morgan fingerprint density at radius 3 is 2.44 bits per heavy atom. The van der Waals surface area contributed by atoms with E-state index in [2.05, 4.69) is 5.32 Å². The number of amides is 2. The zero-order valence-corrected chi connectivity index (χ0v) is 18.8. The van der Waals surface area contributed by atoms with Gasteiger partial charge < -0.3 is 14.8 Å². The van der Waals surface area contributed by atoms with Gasteiger partial charge in [-0.05, 0) is 43.5 Å². The number of nitrogens with one attached hydrogen (secondary N) is 1. The summed E-state index contributed by atoms with van der Waals surface area (Å²) in [6, 6.07) is 12.5. The fraction of sp³-hybridized carbons (Fsp3) is 0.320. The number of carbonyl (C=O) groups is 3. The first-order chi connectivity index (χ1) is 15.5. The fourth-order valence-electron chi connectivity index (χ4n) is 4.17. The SMILES string of the molecule is Cc1c(Cl)cccc1NC(=O)C(=O)c1cn(CC(=O)N2CCCCCC2)c2ccccc12. The predicted octanol–water partition coefficient (Wildman–Crippen LogP) is 4.83. The van der Waals surface area contributed by atoms with E-state index in [1.807, 2.05) is 23.1 Å². The summed E-state index contributed by atoms with van der Waals surface area (Å²) in [5, 5.41) is 3.83. The molecule has 0 aliphatic carbocycles. The Balaban J connectivity index is 1.59. The molecule has 6 nitrogen and oxygen atoms in total. The van der Waals surface area contributed by atoms with Gasteiger partial charge in [-0.25, -0.2) is 0 Å². The van der Waals surface area contributed by atoms with Crippen LogP contribution in [0.5, 0.6) is 0 Å². The molecule has 0 saturated carbocycles. The molecule has 2 aromatic carbocycles. The van der Waals surface area contributed by atoms with Crippen LogP contribution in [0.3, 0.4) is 0 Å². The highest BCUT2D eigenvalue weighted by Crippen LogP contribution is 2.25. The molecule has 2 amide bonds. The van der Waals surface area contributed by atoms with E-state index in [0.717, 1.165) is 44.3 Å². The Morgan fingerprint density at radius 1 is 0.969 bits per heavy atom. The highest BCUT2D eigenvalue weighted by atomic mass is 35.5. The van der Waals surface area contributed by atoms with Gasteiger partial charge in [0, 0.05) is 40.9 Å². The van der Waals surface area contributed by atoms with Gasteiger partial charge in [-0.1, -0.05) is 48.7 Å². The van der Waals surface area contributed by atoms with Gasteiger partial charge in [0.15, 0.2) is 0 Å². The van der Waals surface area contributed by atoms with Crippen molar-refractivity contribution in [1.82, 2.24) is 9.47 Å². The number of aromatic nitrogens is 1. The van der Waals surface area contributed by atoms with Crippen molar-refractivity contribution in [1.29, 1.82) is 0 Å². The van der Waals surface area contributed by atoms with Gasteiger partial charge in [0.25, 0.3) is 11.7 Å². The van der Waals surface area contributed by atoms with Crippen LogP contribution in [0.1, 0.15) is 41.6 Å². The van der Waals surface area contributed by atoms with Gasteiger partial charge in [-0.2, -0.15) is 0 Å². The molecular weight excluding hydrogens is 426 g/mol. The molecule has 0 radical (unpaired) electrons. The highest BCUT2D eigenvalue weighted by Gasteiger charge is 2.24. The maximum atomic E-state index is 13.1. The van der Waals surface area contributed by atoms with Crippen molar-refractivity contribution in [2.24, 2.45) is 0 Å². The van der Waals surface area contributed by atoms with Crippen LogP contribution in [-0.4, -0.2) is 40.2 Å². The zero-order valence-electron chi connectivity index (χ0n) is 18.1. The van der Waals surface area contributed by atoms with Gasteiger partial charge in [0.2, 0.25) is 5.91 Å². The average molecular weight is 452 g/mol. The van der Waals surface area contributed by atoms with E-state index in [1.54, 1.807) is 42.0 Å². The molecule has 1 fully saturated rings. The van der Waals surface area contributed by atoms with Crippen LogP contribution in [0.4, 0.5) is 5.69 Å². The number of para-hydroxylation sites is 1. The summed E-state index contributed by atoms with van der Waals surface area (Å²) in [5.41, 5.74) is 2.23. The number of likely N-dealkylation sites (tertiary alicyclic amines) is 1. The van der Waals surface area contributed by atoms with E-state index in [0.29, 0.717) is 21.7 Å². The zero-order chi connectivity index (χ0) is 22.7. The summed E-state index contributed by atoms with van der Waals surface area (Å²) >= 11 is 6.12. The smallest absolute Gasteiger partial charge is 0.296 e. The molecule has 0 unspecified atom stereocenters. The van der Waals surface area contributed by atoms with Crippen LogP contribution >= 0.6 is 11.6 Å². The van der Waals surface area contributed by atoms with Crippen molar-refractivity contribution in [3.8, 4) is 0 Å². The largest absolute Gasteiger partial charge is 0.341 e. The standard InChI is InChI=1S/C25H26ClN3O3/c1-17-20(26)10-8-11-21(17)27-25(32)24(31)19-15-29(22-12-5-4-9-18(19)22)16-23(30)28-13-6-2-3-7-14-28/h4-5,8-12,15H,2-3,6-7,13-14,16H2,1H3,(H,27,32). The lowest BCUT2D eigenvalue weighted by molar-refractivity contribution is -0.131. The number of carbonyl (C=O) groups excluding carboxylic acids is 3. The Morgan fingerprint density at radius 2 is 1.69 bits per heavy atom. The van der Waals surface area contributed by atoms with Crippen molar-refractivity contribution < 1.29 is 14.4 Å². The Labute approximate surface area is 192 Å². The van der Waals surface area contributed by atoms with E-state index < -0.39 is 11.7 Å². The number of ketones is 1. The van der Waals surface area contributed by atoms with Gasteiger partial charge in [-0.15, -0.1) is 0 Å². The quantitative estimate of drug-likeness (QED) is 0.446. The number of hydrogen-bond acceptors (Lipinski definition) is 3. The first kappa shape index (κ1) is 22.1. The summed E-state index contributed by atoms with van der Waals surface area (Å²) in [4.78, 5) is 40.6. The lowest BCUT2D eigenvalue weighted by Crippen LogP contribution is -2.34. The third-order valence-electron chi connectivity index (χ3n) is 6.02. The fourth-order valence-corrected chi connectivity index (χ4v) is 4.34. The minimum Gasteiger partial charge on any atom is -0.341 e. The second kappa shape index (κ2) is 9.57. The summed E-state index contributed by atoms with van der Waals surface area (Å²) in [5.74, 6) is -1.36. The van der Waals surface area contributed by atoms with E-state index >= 15 is 0 Å². The van der Waals surface area contributed by atoms with Crippen LogP contribution in [0.2, 0.25) is 5.02 Å². The topological polar surface area (TPSA) is 71.4 Å². The summed E-state index contributed by atoms with van der Waals surface area (Å²) in [6.07, 6.45) is 5.95. The molecule has 7 heteroatoms. The number of Topliss-reactive ketones (excluding diaryl/α,β-unsaturated/α-hetero) is 1. The van der Waals surface area contributed by atoms with Crippen LogP contribution < -0.4 is 5.32 Å². The number of hydrogen-bond donors (Lipinski definition) is 1. The number of rotatable bonds is 5. The van der Waals surface area contributed by atoms with Crippen LogP contribution in [0, 0.1) is 6.92 Å². The average Bonchev–Trinajstić information content (AvgIpc) is 2.96.